The van der Waals surface area contributed by atoms with E-state index >= 15 is 0 Å². The first kappa shape index (κ1) is 15.0. The summed E-state index contributed by atoms with van der Waals surface area (Å²) in [5.41, 5.74) is 0.938. The number of thioether (sulfide) groups is 1. The van der Waals surface area contributed by atoms with Gasteiger partial charge in [-0.3, -0.25) is 9.36 Å². The minimum atomic E-state index is -0.560. The first-order chi connectivity index (χ1) is 10.5. The average molecular weight is 336 g/mol. The number of rotatable bonds is 2. The number of hydrogen-bond acceptors (Lipinski definition) is 4. The lowest BCUT2D eigenvalue weighted by Gasteiger charge is -2.12. The summed E-state index contributed by atoms with van der Waals surface area (Å²) >= 11 is 7.44. The summed E-state index contributed by atoms with van der Waals surface area (Å²) in [6, 6.07) is 4.30. The maximum atomic E-state index is 14.1. The molecule has 2 aromatic heterocycles. The molecule has 0 N–H and O–H groups in total. The third kappa shape index (κ3) is 2.38. The molecule has 0 saturated carbocycles. The van der Waals surface area contributed by atoms with Gasteiger partial charge >= 0.3 is 0 Å². The van der Waals surface area contributed by atoms with Gasteiger partial charge in [-0.05, 0) is 30.9 Å². The van der Waals surface area contributed by atoms with Crippen molar-refractivity contribution in [2.24, 2.45) is 0 Å². The largest absolute Gasteiger partial charge is 0.279 e. The van der Waals surface area contributed by atoms with Gasteiger partial charge in [0, 0.05) is 12.4 Å². The molecule has 0 saturated heterocycles. The van der Waals surface area contributed by atoms with Crippen LogP contribution in [0.1, 0.15) is 5.56 Å². The van der Waals surface area contributed by atoms with Gasteiger partial charge in [-0.15, -0.1) is 0 Å². The summed E-state index contributed by atoms with van der Waals surface area (Å²) in [5.74, 6) is -0.560. The molecule has 0 fully saturated rings. The first-order valence-electron chi connectivity index (χ1n) is 6.40. The fourth-order valence-corrected chi connectivity index (χ4v) is 2.84. The topological polar surface area (TPSA) is 47.8 Å². The predicted molar refractivity (Wildman–Crippen MR) is 86.6 cm³/mol. The van der Waals surface area contributed by atoms with Crippen LogP contribution in [0.15, 0.2) is 40.5 Å². The Hall–Kier alpha value is -1.92. The smallest absolute Gasteiger partial charge is 0.266 e. The third-order valence-electron chi connectivity index (χ3n) is 3.27. The van der Waals surface area contributed by atoms with Crippen molar-refractivity contribution in [3.8, 4) is 5.69 Å². The van der Waals surface area contributed by atoms with Crippen LogP contribution in [0, 0.1) is 12.7 Å². The molecule has 22 heavy (non-hydrogen) atoms. The summed E-state index contributed by atoms with van der Waals surface area (Å²) in [5, 5.41) is 1.08. The van der Waals surface area contributed by atoms with Crippen LogP contribution in [0.4, 0.5) is 4.39 Å². The van der Waals surface area contributed by atoms with Gasteiger partial charge in [-0.2, -0.15) is 0 Å². The van der Waals surface area contributed by atoms with Crippen molar-refractivity contribution >= 4 is 34.3 Å². The maximum Gasteiger partial charge on any atom is 0.266 e. The molecule has 0 spiro atoms. The first-order valence-corrected chi connectivity index (χ1v) is 8.00. The van der Waals surface area contributed by atoms with Gasteiger partial charge in [0.25, 0.3) is 5.56 Å². The minimum Gasteiger partial charge on any atom is -0.279 e. The molecule has 2 heterocycles. The van der Waals surface area contributed by atoms with E-state index < -0.39 is 11.4 Å². The Morgan fingerprint density at radius 2 is 2.14 bits per heavy atom. The molecule has 1 aromatic carbocycles. The highest BCUT2D eigenvalue weighted by molar-refractivity contribution is 7.98. The zero-order valence-electron chi connectivity index (χ0n) is 11.8. The monoisotopic (exact) mass is 335 g/mol. The molecule has 0 bridgehead atoms. The Balaban J connectivity index is 2.38. The molecule has 4 nitrogen and oxygen atoms in total. The Morgan fingerprint density at radius 1 is 1.36 bits per heavy atom. The molecule has 0 radical (unpaired) electrons. The lowest BCUT2D eigenvalue weighted by molar-refractivity contribution is 0.616. The van der Waals surface area contributed by atoms with Crippen molar-refractivity contribution < 1.29 is 4.39 Å². The van der Waals surface area contributed by atoms with Crippen LogP contribution in [0.2, 0.25) is 5.02 Å². The normalized spacial score (nSPS) is 11.1. The zero-order valence-corrected chi connectivity index (χ0v) is 13.4. The van der Waals surface area contributed by atoms with Gasteiger partial charge in [0.2, 0.25) is 0 Å². The number of nitrogens with zero attached hydrogens (tertiary/aromatic N) is 3. The summed E-state index contributed by atoms with van der Waals surface area (Å²) in [4.78, 5) is 21.1. The number of fused-ring (bicyclic) bond motifs is 1. The average Bonchev–Trinajstić information content (AvgIpc) is 2.51. The molecule has 0 aliphatic carbocycles. The van der Waals surface area contributed by atoms with E-state index in [-0.39, 0.29) is 10.7 Å². The molecular formula is C15H11ClFN3OS. The highest BCUT2D eigenvalue weighted by Crippen LogP contribution is 2.24. The van der Waals surface area contributed by atoms with E-state index in [2.05, 4.69) is 9.97 Å². The molecule has 7 heteroatoms. The van der Waals surface area contributed by atoms with Crippen molar-refractivity contribution in [2.75, 3.05) is 6.26 Å². The second kappa shape index (κ2) is 5.70. The number of benzene rings is 1. The van der Waals surface area contributed by atoms with Crippen molar-refractivity contribution in [1.82, 2.24) is 14.5 Å². The van der Waals surface area contributed by atoms with E-state index in [0.717, 1.165) is 5.56 Å². The fourth-order valence-electron chi connectivity index (χ4n) is 2.25. The summed E-state index contributed by atoms with van der Waals surface area (Å²) in [6.07, 6.45) is 4.87. The molecule has 0 amide bonds. The van der Waals surface area contributed by atoms with E-state index in [0.29, 0.717) is 16.1 Å². The minimum absolute atomic E-state index is 0.0353. The standard InChI is InChI=1S/C15H11ClFN3OS/c1-8-7-20(13-10(16)4-3-5-11(13)17)14(21)9-6-18-15(22-2)19-12(8)9/h3-7H,1-2H3. The van der Waals surface area contributed by atoms with E-state index in [9.17, 15) is 9.18 Å². The number of aromatic nitrogens is 3. The highest BCUT2D eigenvalue weighted by Gasteiger charge is 2.15. The molecule has 0 aliphatic heterocycles. The number of para-hydroxylation sites is 1. The van der Waals surface area contributed by atoms with Gasteiger partial charge in [0.05, 0.1) is 15.9 Å². The number of halogens is 2. The zero-order chi connectivity index (χ0) is 15.9. The van der Waals surface area contributed by atoms with E-state index in [1.54, 1.807) is 12.3 Å². The van der Waals surface area contributed by atoms with Gasteiger partial charge in [0.15, 0.2) is 5.16 Å². The van der Waals surface area contributed by atoms with Crippen LogP contribution >= 0.6 is 23.4 Å². The molecule has 0 atom stereocenters. The molecule has 3 aromatic rings. The van der Waals surface area contributed by atoms with Crippen LogP contribution in [0.3, 0.4) is 0 Å². The van der Waals surface area contributed by atoms with Crippen molar-refractivity contribution in [3.05, 3.63) is 57.3 Å². The van der Waals surface area contributed by atoms with Crippen LogP contribution in [-0.4, -0.2) is 20.8 Å². The second-order valence-electron chi connectivity index (χ2n) is 4.68. The van der Waals surface area contributed by atoms with Crippen LogP contribution in [0.25, 0.3) is 16.6 Å². The van der Waals surface area contributed by atoms with E-state index in [1.165, 1.54) is 34.7 Å². The molecule has 112 valence electrons. The number of pyridine rings is 1. The van der Waals surface area contributed by atoms with Crippen LogP contribution < -0.4 is 5.56 Å². The summed E-state index contributed by atoms with van der Waals surface area (Å²) in [7, 11) is 0. The predicted octanol–water partition coefficient (Wildman–Crippen LogP) is 3.60. The maximum absolute atomic E-state index is 14.1. The third-order valence-corrected chi connectivity index (χ3v) is 4.14. The van der Waals surface area contributed by atoms with Gasteiger partial charge in [-0.1, -0.05) is 29.4 Å². The molecular weight excluding hydrogens is 325 g/mol. The van der Waals surface area contributed by atoms with Crippen LogP contribution in [0.5, 0.6) is 0 Å². The Bertz CT molecular complexity index is 922. The molecule has 0 aliphatic rings. The van der Waals surface area contributed by atoms with Crippen LogP contribution in [-0.2, 0) is 0 Å². The lowest BCUT2D eigenvalue weighted by atomic mass is 10.2. The quantitative estimate of drug-likeness (QED) is 0.530. The Kier molecular flexibility index (Phi) is 3.88. The SMILES string of the molecule is CSc1ncc2c(=O)n(-c3c(F)cccc3Cl)cc(C)c2n1. The van der Waals surface area contributed by atoms with E-state index in [1.807, 2.05) is 13.2 Å². The van der Waals surface area contributed by atoms with E-state index in [4.69, 9.17) is 11.6 Å². The Morgan fingerprint density at radius 3 is 2.82 bits per heavy atom. The number of aryl methyl sites for hydroxylation is 1. The summed E-state index contributed by atoms with van der Waals surface area (Å²) in [6.45, 7) is 1.81. The second-order valence-corrected chi connectivity index (χ2v) is 5.86. The summed E-state index contributed by atoms with van der Waals surface area (Å²) < 4.78 is 15.3. The Labute approximate surface area is 135 Å². The van der Waals surface area contributed by atoms with Gasteiger partial charge in [-0.25, -0.2) is 14.4 Å². The lowest BCUT2D eigenvalue weighted by Crippen LogP contribution is -2.20. The van der Waals surface area contributed by atoms with Gasteiger partial charge in [0.1, 0.15) is 11.5 Å². The van der Waals surface area contributed by atoms with Crippen molar-refractivity contribution in [1.29, 1.82) is 0 Å². The van der Waals surface area contributed by atoms with Gasteiger partial charge < -0.3 is 0 Å². The number of hydrogen-bond donors (Lipinski definition) is 0. The molecule has 0 unspecified atom stereocenters. The molecule has 3 rings (SSSR count). The fraction of sp³-hybridized carbons (Fsp3) is 0.133. The van der Waals surface area contributed by atoms with Crippen molar-refractivity contribution in [2.45, 2.75) is 12.1 Å². The van der Waals surface area contributed by atoms with Crippen molar-refractivity contribution in [3.63, 3.8) is 0 Å². The highest BCUT2D eigenvalue weighted by atomic mass is 35.5.